The molecule has 1 heterocycles. The van der Waals surface area contributed by atoms with Crippen LogP contribution in [-0.2, 0) is 16.8 Å². The number of piperidine rings is 1. The third-order valence-electron chi connectivity index (χ3n) is 3.47. The van der Waals surface area contributed by atoms with Crippen molar-refractivity contribution in [1.29, 1.82) is 0 Å². The molecule has 1 aliphatic heterocycles. The number of hydrogen-bond donors (Lipinski definition) is 2. The van der Waals surface area contributed by atoms with E-state index in [0.29, 0.717) is 12.5 Å². The molecular formula is C13H20ClN3O2S. The zero-order valence-electron chi connectivity index (χ0n) is 11.3. The number of likely N-dealkylation sites (tertiary alicyclic amines) is 1. The van der Waals surface area contributed by atoms with Gasteiger partial charge in [-0.2, -0.15) is 8.42 Å². The molecule has 1 aliphatic rings. The van der Waals surface area contributed by atoms with Gasteiger partial charge in [-0.3, -0.25) is 4.90 Å². The number of nitrogens with zero attached hydrogens (tertiary/aromatic N) is 1. The van der Waals surface area contributed by atoms with Crippen LogP contribution in [0.25, 0.3) is 0 Å². The first-order valence-electron chi connectivity index (χ1n) is 6.66. The summed E-state index contributed by atoms with van der Waals surface area (Å²) < 4.78 is 24.2. The lowest BCUT2D eigenvalue weighted by atomic mass is 9.98. The van der Waals surface area contributed by atoms with Crippen LogP contribution in [-0.4, -0.2) is 33.0 Å². The van der Waals surface area contributed by atoms with Crippen LogP contribution >= 0.6 is 11.6 Å². The average Bonchev–Trinajstić information content (AvgIpc) is 2.36. The van der Waals surface area contributed by atoms with E-state index < -0.39 is 10.2 Å². The molecule has 1 atom stereocenters. The van der Waals surface area contributed by atoms with Gasteiger partial charge in [0.25, 0.3) is 10.2 Å². The lowest BCUT2D eigenvalue weighted by Crippen LogP contribution is -2.42. The fraction of sp³-hybridized carbons (Fsp3) is 0.538. The van der Waals surface area contributed by atoms with E-state index in [2.05, 4.69) is 15.7 Å². The number of rotatable bonds is 5. The van der Waals surface area contributed by atoms with Gasteiger partial charge in [0.1, 0.15) is 0 Å². The molecule has 2 rings (SSSR count). The number of halogens is 1. The first-order valence-corrected chi connectivity index (χ1v) is 8.59. The lowest BCUT2D eigenvalue weighted by Gasteiger charge is -2.32. The van der Waals surface area contributed by atoms with E-state index in [4.69, 9.17) is 16.7 Å². The second-order valence-electron chi connectivity index (χ2n) is 5.27. The Morgan fingerprint density at radius 3 is 2.95 bits per heavy atom. The quantitative estimate of drug-likeness (QED) is 0.860. The van der Waals surface area contributed by atoms with Crippen LogP contribution in [0.1, 0.15) is 18.4 Å². The van der Waals surface area contributed by atoms with Gasteiger partial charge >= 0.3 is 0 Å². The number of hydrogen-bond acceptors (Lipinski definition) is 3. The molecule has 0 amide bonds. The maximum Gasteiger partial charge on any atom is 0.274 e. The zero-order valence-corrected chi connectivity index (χ0v) is 12.8. The van der Waals surface area contributed by atoms with Crippen molar-refractivity contribution >= 4 is 21.8 Å². The highest BCUT2D eigenvalue weighted by molar-refractivity contribution is 7.87. The highest BCUT2D eigenvalue weighted by Crippen LogP contribution is 2.19. The predicted molar refractivity (Wildman–Crippen MR) is 80.6 cm³/mol. The van der Waals surface area contributed by atoms with Crippen LogP contribution in [0.2, 0.25) is 5.02 Å². The SMILES string of the molecule is NS(=O)(=O)NCC1CCCN(Cc2cccc(Cl)c2)C1. The van der Waals surface area contributed by atoms with Crippen LogP contribution in [0.4, 0.5) is 0 Å². The van der Waals surface area contributed by atoms with E-state index in [1.807, 2.05) is 18.2 Å². The number of nitrogens with two attached hydrogens (primary N) is 1. The van der Waals surface area contributed by atoms with Gasteiger partial charge < -0.3 is 0 Å². The second kappa shape index (κ2) is 6.87. The van der Waals surface area contributed by atoms with Crippen LogP contribution in [0.3, 0.4) is 0 Å². The summed E-state index contributed by atoms with van der Waals surface area (Å²) in [6.45, 7) is 3.14. The van der Waals surface area contributed by atoms with E-state index in [-0.39, 0.29) is 0 Å². The molecule has 0 radical (unpaired) electrons. The van der Waals surface area contributed by atoms with Crippen molar-refractivity contribution in [3.8, 4) is 0 Å². The van der Waals surface area contributed by atoms with E-state index in [1.165, 1.54) is 5.56 Å². The molecule has 1 aromatic carbocycles. The van der Waals surface area contributed by atoms with Crippen molar-refractivity contribution in [2.75, 3.05) is 19.6 Å². The van der Waals surface area contributed by atoms with Crippen molar-refractivity contribution in [3.63, 3.8) is 0 Å². The second-order valence-corrected chi connectivity index (χ2v) is 7.08. The van der Waals surface area contributed by atoms with E-state index in [9.17, 15) is 8.42 Å². The fourth-order valence-electron chi connectivity index (χ4n) is 2.59. The highest BCUT2D eigenvalue weighted by atomic mass is 35.5. The largest absolute Gasteiger partial charge is 0.299 e. The molecular weight excluding hydrogens is 298 g/mol. The Morgan fingerprint density at radius 1 is 1.45 bits per heavy atom. The monoisotopic (exact) mass is 317 g/mol. The normalized spacial score (nSPS) is 21.0. The zero-order chi connectivity index (χ0) is 14.6. The van der Waals surface area contributed by atoms with Gasteiger partial charge in [0.05, 0.1) is 0 Å². The Morgan fingerprint density at radius 2 is 2.25 bits per heavy atom. The maximum absolute atomic E-state index is 10.9. The van der Waals surface area contributed by atoms with Crippen LogP contribution in [0.15, 0.2) is 24.3 Å². The van der Waals surface area contributed by atoms with E-state index in [1.54, 1.807) is 0 Å². The molecule has 1 saturated heterocycles. The lowest BCUT2D eigenvalue weighted by molar-refractivity contribution is 0.169. The van der Waals surface area contributed by atoms with E-state index in [0.717, 1.165) is 37.5 Å². The Balaban J connectivity index is 1.87. The molecule has 1 aromatic rings. The van der Waals surface area contributed by atoms with Crippen molar-refractivity contribution in [1.82, 2.24) is 9.62 Å². The standard InChI is InChI=1S/C13H20ClN3O2S/c14-13-5-1-3-11(7-13)9-17-6-2-4-12(10-17)8-16-20(15,18)19/h1,3,5,7,12,16H,2,4,6,8-10H2,(H2,15,18,19). The van der Waals surface area contributed by atoms with Crippen molar-refractivity contribution < 1.29 is 8.42 Å². The molecule has 20 heavy (non-hydrogen) atoms. The summed E-state index contributed by atoms with van der Waals surface area (Å²) in [5.74, 6) is 0.307. The Bertz CT molecular complexity index is 550. The first-order chi connectivity index (χ1) is 9.42. The fourth-order valence-corrected chi connectivity index (χ4v) is 3.27. The topological polar surface area (TPSA) is 75.4 Å². The number of nitrogens with one attached hydrogen (secondary N) is 1. The van der Waals surface area contributed by atoms with Gasteiger partial charge in [-0.1, -0.05) is 23.7 Å². The van der Waals surface area contributed by atoms with Crippen molar-refractivity contribution in [2.24, 2.45) is 11.1 Å². The summed E-state index contributed by atoms with van der Waals surface area (Å²) in [6.07, 6.45) is 2.09. The van der Waals surface area contributed by atoms with Gasteiger partial charge in [-0.15, -0.1) is 0 Å². The Hall–Kier alpha value is -0.660. The number of benzene rings is 1. The summed E-state index contributed by atoms with van der Waals surface area (Å²) in [5, 5.41) is 5.70. The first kappa shape index (κ1) is 15.7. The van der Waals surface area contributed by atoms with E-state index >= 15 is 0 Å². The minimum absolute atomic E-state index is 0.307. The molecule has 1 fully saturated rings. The highest BCUT2D eigenvalue weighted by Gasteiger charge is 2.20. The molecule has 3 N–H and O–H groups in total. The summed E-state index contributed by atoms with van der Waals surface area (Å²) in [6, 6.07) is 7.83. The van der Waals surface area contributed by atoms with Gasteiger partial charge in [0, 0.05) is 24.7 Å². The summed E-state index contributed by atoms with van der Waals surface area (Å²) in [5.41, 5.74) is 1.18. The Labute approximate surface area is 125 Å². The van der Waals surface area contributed by atoms with Gasteiger partial charge in [0.15, 0.2) is 0 Å². The van der Waals surface area contributed by atoms with Gasteiger partial charge in [0.2, 0.25) is 0 Å². The summed E-state index contributed by atoms with van der Waals surface area (Å²) >= 11 is 5.98. The molecule has 112 valence electrons. The van der Waals surface area contributed by atoms with Crippen LogP contribution in [0.5, 0.6) is 0 Å². The van der Waals surface area contributed by atoms with Crippen molar-refractivity contribution in [3.05, 3.63) is 34.9 Å². The summed E-state index contributed by atoms with van der Waals surface area (Å²) in [4.78, 5) is 2.32. The van der Waals surface area contributed by atoms with Crippen LogP contribution in [0, 0.1) is 5.92 Å². The molecule has 0 bridgehead atoms. The summed E-state index contributed by atoms with van der Waals surface area (Å²) in [7, 11) is -3.59. The molecule has 0 spiro atoms. The van der Waals surface area contributed by atoms with Crippen molar-refractivity contribution in [2.45, 2.75) is 19.4 Å². The molecule has 0 saturated carbocycles. The van der Waals surface area contributed by atoms with Crippen LogP contribution < -0.4 is 9.86 Å². The minimum Gasteiger partial charge on any atom is -0.299 e. The molecule has 1 unspecified atom stereocenters. The molecule has 7 heteroatoms. The van der Waals surface area contributed by atoms with Gasteiger partial charge in [-0.25, -0.2) is 9.86 Å². The average molecular weight is 318 g/mol. The molecule has 0 aliphatic carbocycles. The Kier molecular flexibility index (Phi) is 5.40. The third kappa shape index (κ3) is 5.38. The maximum atomic E-state index is 10.9. The third-order valence-corrected chi connectivity index (χ3v) is 4.28. The minimum atomic E-state index is -3.59. The van der Waals surface area contributed by atoms with Gasteiger partial charge in [-0.05, 0) is 43.0 Å². The molecule has 5 nitrogen and oxygen atoms in total. The molecule has 0 aromatic heterocycles. The smallest absolute Gasteiger partial charge is 0.274 e. The predicted octanol–water partition coefficient (Wildman–Crippen LogP) is 1.35.